The van der Waals surface area contributed by atoms with E-state index in [1.807, 2.05) is 18.2 Å². The minimum atomic E-state index is -0.289. The molecule has 0 amide bonds. The second-order valence-electron chi connectivity index (χ2n) is 4.64. The van der Waals surface area contributed by atoms with Crippen LogP contribution in [0.2, 0.25) is 0 Å². The summed E-state index contributed by atoms with van der Waals surface area (Å²) in [5.41, 5.74) is 1.20. The molecule has 2 heterocycles. The second kappa shape index (κ2) is 3.54. The number of hydrogen-bond donors (Lipinski definition) is 3. The maximum absolute atomic E-state index is 12.2. The van der Waals surface area contributed by atoms with E-state index in [4.69, 9.17) is 4.42 Å². The smallest absolute Gasteiger partial charge is 0.260 e. The Bertz CT molecular complexity index is 1040. The third-order valence-corrected chi connectivity index (χ3v) is 3.43. The van der Waals surface area contributed by atoms with Crippen molar-refractivity contribution in [2.24, 2.45) is 0 Å². The number of furan rings is 1. The summed E-state index contributed by atoms with van der Waals surface area (Å²) in [5, 5.41) is 20.7. The van der Waals surface area contributed by atoms with E-state index in [0.29, 0.717) is 27.5 Å². The lowest BCUT2D eigenvalue weighted by Crippen LogP contribution is -2.04. The lowest BCUT2D eigenvalue weighted by atomic mass is 10.1. The quantitative estimate of drug-likeness (QED) is 0.427. The summed E-state index contributed by atoms with van der Waals surface area (Å²) in [6.07, 6.45) is 0. The molecule has 4 rings (SSSR count). The molecular weight excluding hydrogens is 258 g/mol. The van der Waals surface area contributed by atoms with Crippen LogP contribution in [0.3, 0.4) is 0 Å². The Morgan fingerprint density at radius 2 is 1.75 bits per heavy atom. The van der Waals surface area contributed by atoms with Gasteiger partial charge in [-0.25, -0.2) is 0 Å². The number of nitrogens with one attached hydrogen (secondary N) is 1. The lowest BCUT2D eigenvalue weighted by Gasteiger charge is -1.97. The zero-order valence-corrected chi connectivity index (χ0v) is 10.2. The van der Waals surface area contributed by atoms with Crippen LogP contribution in [0, 0.1) is 0 Å². The van der Waals surface area contributed by atoms with Gasteiger partial charge < -0.3 is 19.6 Å². The summed E-state index contributed by atoms with van der Waals surface area (Å²) < 4.78 is 5.69. The van der Waals surface area contributed by atoms with Gasteiger partial charge in [-0.15, -0.1) is 0 Å². The van der Waals surface area contributed by atoms with Gasteiger partial charge in [-0.1, -0.05) is 12.1 Å². The monoisotopic (exact) mass is 267 g/mol. The van der Waals surface area contributed by atoms with Gasteiger partial charge in [0.25, 0.3) is 5.56 Å². The molecule has 0 aliphatic carbocycles. The van der Waals surface area contributed by atoms with Gasteiger partial charge in [-0.05, 0) is 18.2 Å². The van der Waals surface area contributed by atoms with E-state index >= 15 is 0 Å². The van der Waals surface area contributed by atoms with E-state index in [0.717, 1.165) is 5.39 Å². The van der Waals surface area contributed by atoms with Crippen LogP contribution in [0.1, 0.15) is 0 Å². The van der Waals surface area contributed by atoms with Gasteiger partial charge >= 0.3 is 0 Å². The molecule has 2 aromatic carbocycles. The molecule has 0 saturated carbocycles. The first-order valence-electron chi connectivity index (χ1n) is 6.04. The molecule has 5 nitrogen and oxygen atoms in total. The van der Waals surface area contributed by atoms with Crippen LogP contribution in [0.5, 0.6) is 11.5 Å². The van der Waals surface area contributed by atoms with Crippen LogP contribution in [0.15, 0.2) is 45.6 Å². The number of pyridine rings is 1. The van der Waals surface area contributed by atoms with E-state index in [1.165, 1.54) is 12.1 Å². The maximum Gasteiger partial charge on any atom is 0.260 e. The fourth-order valence-corrected chi connectivity index (χ4v) is 2.51. The Kier molecular flexibility index (Phi) is 1.93. The molecule has 4 aromatic rings. The minimum absolute atomic E-state index is 0.280. The van der Waals surface area contributed by atoms with Gasteiger partial charge in [0.2, 0.25) is 0 Å². The van der Waals surface area contributed by atoms with Crippen molar-refractivity contribution in [1.82, 2.24) is 4.98 Å². The highest BCUT2D eigenvalue weighted by Crippen LogP contribution is 2.36. The van der Waals surface area contributed by atoms with Gasteiger partial charge in [0, 0.05) is 16.8 Å². The molecule has 0 saturated heterocycles. The van der Waals surface area contributed by atoms with Crippen molar-refractivity contribution >= 4 is 32.8 Å². The minimum Gasteiger partial charge on any atom is -0.504 e. The van der Waals surface area contributed by atoms with Crippen molar-refractivity contribution < 1.29 is 14.6 Å². The molecule has 20 heavy (non-hydrogen) atoms. The van der Waals surface area contributed by atoms with Crippen LogP contribution < -0.4 is 5.56 Å². The fraction of sp³-hybridized carbons (Fsp3) is 0. The lowest BCUT2D eigenvalue weighted by molar-refractivity contribution is 0.404. The molecule has 0 bridgehead atoms. The molecule has 2 aromatic heterocycles. The van der Waals surface area contributed by atoms with Crippen LogP contribution in [0.25, 0.3) is 32.8 Å². The molecule has 0 unspecified atom stereocenters. The van der Waals surface area contributed by atoms with Crippen molar-refractivity contribution in [3.05, 3.63) is 46.8 Å². The summed E-state index contributed by atoms with van der Waals surface area (Å²) in [5.74, 6) is -0.565. The number of fused-ring (bicyclic) bond motifs is 5. The van der Waals surface area contributed by atoms with E-state index in [1.54, 1.807) is 6.07 Å². The third-order valence-electron chi connectivity index (χ3n) is 3.43. The summed E-state index contributed by atoms with van der Waals surface area (Å²) >= 11 is 0. The van der Waals surface area contributed by atoms with Gasteiger partial charge in [0.15, 0.2) is 11.5 Å². The number of aromatic nitrogens is 1. The number of rotatable bonds is 0. The number of benzene rings is 2. The first-order chi connectivity index (χ1) is 9.65. The standard InChI is InChI=1S/C15H9NO4/c17-10-5-8-12(6-11(10)18)20-14-7-3-1-2-4-9(7)16-15(19)13(8)14/h1-6,17-18H,(H,16,19). The highest BCUT2D eigenvalue weighted by Gasteiger charge is 2.16. The average molecular weight is 267 g/mol. The topological polar surface area (TPSA) is 86.5 Å². The van der Waals surface area contributed by atoms with Crippen LogP contribution >= 0.6 is 0 Å². The number of aromatic hydroxyl groups is 2. The highest BCUT2D eigenvalue weighted by molar-refractivity contribution is 6.13. The molecule has 0 fully saturated rings. The first-order valence-corrected chi connectivity index (χ1v) is 6.04. The van der Waals surface area contributed by atoms with Gasteiger partial charge in [-0.2, -0.15) is 0 Å². The Balaban J connectivity index is 2.35. The van der Waals surface area contributed by atoms with Crippen LogP contribution in [-0.4, -0.2) is 15.2 Å². The Labute approximate surface area is 111 Å². The van der Waals surface area contributed by atoms with Gasteiger partial charge in [-0.3, -0.25) is 4.79 Å². The Hall–Kier alpha value is -2.95. The second-order valence-corrected chi connectivity index (χ2v) is 4.64. The molecular formula is C15H9NO4. The summed E-state index contributed by atoms with van der Waals surface area (Å²) in [6.45, 7) is 0. The molecule has 0 aliphatic rings. The predicted octanol–water partition coefficient (Wildman–Crippen LogP) is 2.84. The molecule has 5 heteroatoms. The molecule has 98 valence electrons. The van der Waals surface area contributed by atoms with Gasteiger partial charge in [0.05, 0.1) is 10.9 Å². The molecule has 0 atom stereocenters. The number of aromatic amines is 1. The SMILES string of the molecule is O=c1[nH]c2ccccc2c2oc3cc(O)c(O)cc3c12. The maximum atomic E-state index is 12.2. The van der Waals surface area contributed by atoms with Crippen molar-refractivity contribution in [1.29, 1.82) is 0 Å². The molecule has 0 radical (unpaired) electrons. The normalized spacial score (nSPS) is 11.6. The number of para-hydroxylation sites is 1. The number of phenols is 2. The zero-order valence-electron chi connectivity index (χ0n) is 10.2. The van der Waals surface area contributed by atoms with E-state index in [2.05, 4.69) is 4.98 Å². The predicted molar refractivity (Wildman–Crippen MR) is 75.2 cm³/mol. The fourth-order valence-electron chi connectivity index (χ4n) is 2.51. The van der Waals surface area contributed by atoms with Crippen molar-refractivity contribution in [2.45, 2.75) is 0 Å². The van der Waals surface area contributed by atoms with Crippen molar-refractivity contribution in [2.75, 3.05) is 0 Å². The largest absolute Gasteiger partial charge is 0.504 e. The molecule has 0 aliphatic heterocycles. The number of phenolic OH excluding ortho intramolecular Hbond substituents is 2. The first kappa shape index (κ1) is 10.9. The van der Waals surface area contributed by atoms with Crippen LogP contribution in [-0.2, 0) is 0 Å². The summed E-state index contributed by atoms with van der Waals surface area (Å²) in [6, 6.07) is 9.94. The summed E-state index contributed by atoms with van der Waals surface area (Å²) in [4.78, 5) is 15.0. The molecule has 0 spiro atoms. The van der Waals surface area contributed by atoms with Crippen LogP contribution in [0.4, 0.5) is 0 Å². The average Bonchev–Trinajstić information content (AvgIpc) is 2.79. The third kappa shape index (κ3) is 1.29. The van der Waals surface area contributed by atoms with E-state index in [-0.39, 0.29) is 17.1 Å². The number of H-pyrrole nitrogens is 1. The Morgan fingerprint density at radius 3 is 2.60 bits per heavy atom. The molecule has 3 N–H and O–H groups in total. The Morgan fingerprint density at radius 1 is 1.00 bits per heavy atom. The zero-order chi connectivity index (χ0) is 13.9. The summed E-state index contributed by atoms with van der Waals surface area (Å²) in [7, 11) is 0. The van der Waals surface area contributed by atoms with E-state index in [9.17, 15) is 15.0 Å². The van der Waals surface area contributed by atoms with Crippen molar-refractivity contribution in [3.63, 3.8) is 0 Å². The number of hydrogen-bond acceptors (Lipinski definition) is 4. The van der Waals surface area contributed by atoms with Crippen molar-refractivity contribution in [3.8, 4) is 11.5 Å². The van der Waals surface area contributed by atoms with Gasteiger partial charge in [0.1, 0.15) is 11.2 Å². The van der Waals surface area contributed by atoms with E-state index < -0.39 is 0 Å². The highest BCUT2D eigenvalue weighted by atomic mass is 16.3.